The average molecular weight is 243 g/mol. The van der Waals surface area contributed by atoms with Gasteiger partial charge in [-0.2, -0.15) is 0 Å². The molecule has 1 unspecified atom stereocenters. The second-order valence-electron chi connectivity index (χ2n) is 4.94. The molecule has 1 atom stereocenters. The minimum atomic E-state index is 0.747. The number of piperazine rings is 1. The molecule has 1 N–H and O–H groups in total. The summed E-state index contributed by atoms with van der Waals surface area (Å²) < 4.78 is 5.02. The molecule has 0 bridgehead atoms. The van der Waals surface area contributed by atoms with E-state index in [1.165, 1.54) is 32.6 Å². The molecule has 0 aromatic rings. The maximum absolute atomic E-state index is 5.02. The van der Waals surface area contributed by atoms with Crippen LogP contribution in [0, 0.1) is 0 Å². The Labute approximate surface area is 106 Å². The van der Waals surface area contributed by atoms with E-state index in [0.29, 0.717) is 0 Å². The molecular weight excluding hydrogens is 214 g/mol. The highest BCUT2D eigenvalue weighted by molar-refractivity contribution is 4.79. The molecule has 102 valence electrons. The Morgan fingerprint density at radius 2 is 2.12 bits per heavy atom. The summed E-state index contributed by atoms with van der Waals surface area (Å²) in [4.78, 5) is 5.07. The third-order valence-electron chi connectivity index (χ3n) is 3.64. The SMILES string of the molecule is CCC1CN(CCNCCCOC)CCN1C. The summed E-state index contributed by atoms with van der Waals surface area (Å²) in [6.07, 6.45) is 2.37. The summed E-state index contributed by atoms with van der Waals surface area (Å²) >= 11 is 0. The Balaban J connectivity index is 2.03. The molecule has 0 amide bonds. The number of ether oxygens (including phenoxy) is 1. The Kier molecular flexibility index (Phi) is 7.77. The highest BCUT2D eigenvalue weighted by atomic mass is 16.5. The van der Waals surface area contributed by atoms with Crippen molar-refractivity contribution >= 4 is 0 Å². The van der Waals surface area contributed by atoms with Gasteiger partial charge in [0.1, 0.15) is 0 Å². The van der Waals surface area contributed by atoms with Crippen LogP contribution in [0.4, 0.5) is 0 Å². The van der Waals surface area contributed by atoms with Crippen LogP contribution in [0.15, 0.2) is 0 Å². The van der Waals surface area contributed by atoms with Crippen LogP contribution in [-0.4, -0.2) is 75.9 Å². The fraction of sp³-hybridized carbons (Fsp3) is 1.00. The second kappa shape index (κ2) is 8.86. The predicted molar refractivity (Wildman–Crippen MR) is 72.5 cm³/mol. The number of hydrogen-bond acceptors (Lipinski definition) is 4. The summed E-state index contributed by atoms with van der Waals surface area (Å²) in [6.45, 7) is 10.1. The molecule has 1 aliphatic heterocycles. The van der Waals surface area contributed by atoms with E-state index in [0.717, 1.165) is 32.2 Å². The molecule has 4 heteroatoms. The van der Waals surface area contributed by atoms with Gasteiger partial charge in [-0.25, -0.2) is 0 Å². The molecule has 0 aromatic carbocycles. The van der Waals surface area contributed by atoms with Crippen LogP contribution in [0.2, 0.25) is 0 Å². The van der Waals surface area contributed by atoms with Gasteiger partial charge in [-0.05, 0) is 26.4 Å². The fourth-order valence-electron chi connectivity index (χ4n) is 2.36. The van der Waals surface area contributed by atoms with E-state index in [2.05, 4.69) is 29.1 Å². The first-order valence-electron chi connectivity index (χ1n) is 6.90. The summed E-state index contributed by atoms with van der Waals surface area (Å²) in [7, 11) is 4.00. The van der Waals surface area contributed by atoms with E-state index < -0.39 is 0 Å². The van der Waals surface area contributed by atoms with Gasteiger partial charge in [0.25, 0.3) is 0 Å². The van der Waals surface area contributed by atoms with Crippen molar-refractivity contribution in [2.75, 3.05) is 60.0 Å². The number of nitrogens with one attached hydrogen (secondary N) is 1. The quantitative estimate of drug-likeness (QED) is 0.633. The van der Waals surface area contributed by atoms with Crippen LogP contribution in [0.1, 0.15) is 19.8 Å². The van der Waals surface area contributed by atoms with Crippen molar-refractivity contribution in [3.05, 3.63) is 0 Å². The smallest absolute Gasteiger partial charge is 0.0474 e. The summed E-state index contributed by atoms with van der Waals surface area (Å²) in [6, 6.07) is 0.747. The van der Waals surface area contributed by atoms with Crippen LogP contribution < -0.4 is 5.32 Å². The van der Waals surface area contributed by atoms with E-state index in [4.69, 9.17) is 4.74 Å². The first-order chi connectivity index (χ1) is 8.27. The zero-order valence-corrected chi connectivity index (χ0v) is 11.7. The predicted octanol–water partition coefficient (Wildman–Crippen LogP) is 0.639. The first kappa shape index (κ1) is 14.9. The molecule has 1 saturated heterocycles. The zero-order valence-electron chi connectivity index (χ0n) is 11.7. The molecule has 0 aromatic heterocycles. The Morgan fingerprint density at radius 3 is 2.82 bits per heavy atom. The summed E-state index contributed by atoms with van der Waals surface area (Å²) in [5, 5.41) is 3.48. The average Bonchev–Trinajstić information content (AvgIpc) is 2.35. The topological polar surface area (TPSA) is 27.7 Å². The molecule has 1 fully saturated rings. The summed E-state index contributed by atoms with van der Waals surface area (Å²) in [5.41, 5.74) is 0. The second-order valence-corrected chi connectivity index (χ2v) is 4.94. The maximum Gasteiger partial charge on any atom is 0.0474 e. The number of nitrogens with zero attached hydrogens (tertiary/aromatic N) is 2. The van der Waals surface area contributed by atoms with Crippen molar-refractivity contribution in [3.8, 4) is 0 Å². The van der Waals surface area contributed by atoms with Crippen LogP contribution in [0.5, 0.6) is 0 Å². The summed E-state index contributed by atoms with van der Waals surface area (Å²) in [5.74, 6) is 0. The minimum absolute atomic E-state index is 0.747. The van der Waals surface area contributed by atoms with E-state index in [-0.39, 0.29) is 0 Å². The van der Waals surface area contributed by atoms with E-state index in [1.807, 2.05) is 0 Å². The Bertz CT molecular complexity index is 190. The molecular formula is C13H29N3O. The fourth-order valence-corrected chi connectivity index (χ4v) is 2.36. The monoisotopic (exact) mass is 243 g/mol. The highest BCUT2D eigenvalue weighted by Crippen LogP contribution is 2.09. The lowest BCUT2D eigenvalue weighted by Crippen LogP contribution is -2.52. The zero-order chi connectivity index (χ0) is 12.5. The van der Waals surface area contributed by atoms with Crippen LogP contribution in [0.25, 0.3) is 0 Å². The number of likely N-dealkylation sites (N-methyl/N-ethyl adjacent to an activating group) is 1. The normalized spacial score (nSPS) is 23.1. The van der Waals surface area contributed by atoms with Crippen molar-refractivity contribution in [1.29, 1.82) is 0 Å². The maximum atomic E-state index is 5.02. The molecule has 1 rings (SSSR count). The lowest BCUT2D eigenvalue weighted by molar-refractivity contribution is 0.0938. The number of hydrogen-bond donors (Lipinski definition) is 1. The molecule has 4 nitrogen and oxygen atoms in total. The van der Waals surface area contributed by atoms with Gasteiger partial charge >= 0.3 is 0 Å². The van der Waals surface area contributed by atoms with Gasteiger partial charge in [0, 0.05) is 52.5 Å². The van der Waals surface area contributed by atoms with Gasteiger partial charge < -0.3 is 15.0 Å². The van der Waals surface area contributed by atoms with Crippen LogP contribution >= 0.6 is 0 Å². The first-order valence-corrected chi connectivity index (χ1v) is 6.90. The molecule has 0 saturated carbocycles. The third kappa shape index (κ3) is 5.82. The molecule has 0 spiro atoms. The van der Waals surface area contributed by atoms with Crippen molar-refractivity contribution in [2.45, 2.75) is 25.8 Å². The van der Waals surface area contributed by atoms with E-state index >= 15 is 0 Å². The van der Waals surface area contributed by atoms with Gasteiger partial charge in [-0.3, -0.25) is 4.90 Å². The van der Waals surface area contributed by atoms with Crippen molar-refractivity contribution in [1.82, 2.24) is 15.1 Å². The minimum Gasteiger partial charge on any atom is -0.385 e. The highest BCUT2D eigenvalue weighted by Gasteiger charge is 2.21. The molecule has 0 radical (unpaired) electrons. The van der Waals surface area contributed by atoms with Gasteiger partial charge in [0.15, 0.2) is 0 Å². The van der Waals surface area contributed by atoms with Gasteiger partial charge in [-0.1, -0.05) is 6.92 Å². The van der Waals surface area contributed by atoms with E-state index in [9.17, 15) is 0 Å². The van der Waals surface area contributed by atoms with Crippen molar-refractivity contribution in [2.24, 2.45) is 0 Å². The van der Waals surface area contributed by atoms with E-state index in [1.54, 1.807) is 7.11 Å². The van der Waals surface area contributed by atoms with Crippen LogP contribution in [0.3, 0.4) is 0 Å². The Morgan fingerprint density at radius 1 is 1.29 bits per heavy atom. The number of rotatable bonds is 8. The molecule has 17 heavy (non-hydrogen) atoms. The van der Waals surface area contributed by atoms with Crippen LogP contribution in [-0.2, 0) is 4.74 Å². The largest absolute Gasteiger partial charge is 0.385 e. The van der Waals surface area contributed by atoms with Crippen molar-refractivity contribution < 1.29 is 4.74 Å². The molecule has 0 aliphatic carbocycles. The standard InChI is InChI=1S/C13H29N3O/c1-4-13-12-16(10-9-15(13)2)8-7-14-6-5-11-17-3/h13-14H,4-12H2,1-3H3. The van der Waals surface area contributed by atoms with Crippen molar-refractivity contribution in [3.63, 3.8) is 0 Å². The number of methoxy groups -OCH3 is 1. The molecule has 1 aliphatic rings. The van der Waals surface area contributed by atoms with Gasteiger partial charge in [-0.15, -0.1) is 0 Å². The third-order valence-corrected chi connectivity index (χ3v) is 3.64. The van der Waals surface area contributed by atoms with Gasteiger partial charge in [0.05, 0.1) is 0 Å². The lowest BCUT2D eigenvalue weighted by atomic mass is 10.1. The Hall–Kier alpha value is -0.160. The molecule has 1 heterocycles. The van der Waals surface area contributed by atoms with Gasteiger partial charge in [0.2, 0.25) is 0 Å². The lowest BCUT2D eigenvalue weighted by Gasteiger charge is -2.39.